The molecule has 0 saturated carbocycles. The molecule has 0 aromatic carbocycles. The largest absolute Gasteiger partial charge is 0.356 e. The normalized spacial score (nSPS) is 11.7. The Kier molecular flexibility index (Phi) is 9.75. The van der Waals surface area contributed by atoms with E-state index in [9.17, 15) is 14.4 Å². The molecule has 1 N–H and O–H groups in total. The van der Waals surface area contributed by atoms with Gasteiger partial charge in [-0.1, -0.05) is 26.7 Å². The van der Waals surface area contributed by atoms with E-state index in [4.69, 9.17) is 0 Å². The molecule has 2 amide bonds. The Morgan fingerprint density at radius 3 is 2.58 bits per heavy atom. The fourth-order valence-electron chi connectivity index (χ4n) is 1.69. The van der Waals surface area contributed by atoms with Crippen LogP contribution in [0.3, 0.4) is 0 Å². The summed E-state index contributed by atoms with van der Waals surface area (Å²) in [6.07, 6.45) is 4.52. The second-order valence-electron chi connectivity index (χ2n) is 4.87. The molecule has 1 unspecified atom stereocenters. The molecule has 5 heteroatoms. The Morgan fingerprint density at radius 1 is 1.32 bits per heavy atom. The van der Waals surface area contributed by atoms with Crippen LogP contribution in [-0.2, 0) is 14.4 Å². The first-order chi connectivity index (χ1) is 9.02. The Balaban J connectivity index is 3.82. The smallest absolute Gasteiger partial charge is 0.225 e. The van der Waals surface area contributed by atoms with Crippen molar-refractivity contribution in [1.82, 2.24) is 10.2 Å². The zero-order valence-corrected chi connectivity index (χ0v) is 12.3. The van der Waals surface area contributed by atoms with Crippen molar-refractivity contribution in [3.8, 4) is 0 Å². The van der Waals surface area contributed by atoms with Gasteiger partial charge in [-0.25, -0.2) is 0 Å². The van der Waals surface area contributed by atoms with Crippen molar-refractivity contribution in [2.45, 2.75) is 46.0 Å². The molecule has 0 aliphatic rings. The fraction of sp³-hybridized carbons (Fsp3) is 0.786. The van der Waals surface area contributed by atoms with Gasteiger partial charge in [0.25, 0.3) is 0 Å². The van der Waals surface area contributed by atoms with Gasteiger partial charge in [0.2, 0.25) is 11.8 Å². The number of aldehydes is 1. The monoisotopic (exact) mass is 270 g/mol. The fourth-order valence-corrected chi connectivity index (χ4v) is 1.69. The third-order valence-electron chi connectivity index (χ3n) is 3.02. The third kappa shape index (κ3) is 8.35. The molecule has 19 heavy (non-hydrogen) atoms. The number of carbonyl (C=O) groups is 3. The van der Waals surface area contributed by atoms with Crippen LogP contribution in [0.2, 0.25) is 0 Å². The van der Waals surface area contributed by atoms with Crippen LogP contribution in [0.25, 0.3) is 0 Å². The van der Waals surface area contributed by atoms with Crippen molar-refractivity contribution >= 4 is 18.1 Å². The van der Waals surface area contributed by atoms with Gasteiger partial charge in [-0.3, -0.25) is 9.59 Å². The molecule has 0 fully saturated rings. The summed E-state index contributed by atoms with van der Waals surface area (Å²) >= 11 is 0. The molecule has 0 aromatic rings. The van der Waals surface area contributed by atoms with Gasteiger partial charge in [0.15, 0.2) is 0 Å². The van der Waals surface area contributed by atoms with Crippen molar-refractivity contribution in [3.05, 3.63) is 0 Å². The van der Waals surface area contributed by atoms with Crippen molar-refractivity contribution in [3.63, 3.8) is 0 Å². The van der Waals surface area contributed by atoms with Crippen LogP contribution in [0.4, 0.5) is 0 Å². The maximum Gasteiger partial charge on any atom is 0.225 e. The zero-order chi connectivity index (χ0) is 14.7. The molecular weight excluding hydrogens is 244 g/mol. The van der Waals surface area contributed by atoms with Gasteiger partial charge in [-0.15, -0.1) is 0 Å². The third-order valence-corrected chi connectivity index (χ3v) is 3.02. The molecule has 0 bridgehead atoms. The van der Waals surface area contributed by atoms with Gasteiger partial charge in [0, 0.05) is 38.9 Å². The first-order valence-corrected chi connectivity index (χ1v) is 6.98. The summed E-state index contributed by atoms with van der Waals surface area (Å²) in [6.45, 7) is 4.93. The molecule has 110 valence electrons. The molecule has 0 aliphatic heterocycles. The number of rotatable bonds is 10. The summed E-state index contributed by atoms with van der Waals surface area (Å²) in [7, 11) is 1.66. The Hall–Kier alpha value is -1.39. The minimum Gasteiger partial charge on any atom is -0.356 e. The number of hydrogen-bond acceptors (Lipinski definition) is 3. The first-order valence-electron chi connectivity index (χ1n) is 6.98. The highest BCUT2D eigenvalue weighted by Gasteiger charge is 2.17. The quantitative estimate of drug-likeness (QED) is 0.481. The lowest BCUT2D eigenvalue weighted by Crippen LogP contribution is -2.35. The second-order valence-corrected chi connectivity index (χ2v) is 4.87. The van der Waals surface area contributed by atoms with Crippen molar-refractivity contribution in [2.75, 3.05) is 20.1 Å². The molecule has 0 aromatic heterocycles. The van der Waals surface area contributed by atoms with Crippen LogP contribution in [0, 0.1) is 5.92 Å². The summed E-state index contributed by atoms with van der Waals surface area (Å²) in [5.74, 6) is -0.431. The summed E-state index contributed by atoms with van der Waals surface area (Å²) in [4.78, 5) is 35.2. The highest BCUT2D eigenvalue weighted by Crippen LogP contribution is 2.04. The van der Waals surface area contributed by atoms with E-state index in [1.165, 1.54) is 4.90 Å². The predicted molar refractivity (Wildman–Crippen MR) is 74.6 cm³/mol. The number of nitrogens with zero attached hydrogens (tertiary/aromatic N) is 1. The van der Waals surface area contributed by atoms with Crippen LogP contribution in [-0.4, -0.2) is 43.1 Å². The number of unbranched alkanes of at least 4 members (excludes halogenated alkanes) is 2. The summed E-state index contributed by atoms with van der Waals surface area (Å²) in [5, 5.41) is 2.83. The predicted octanol–water partition coefficient (Wildman–Crippen LogP) is 1.37. The van der Waals surface area contributed by atoms with Gasteiger partial charge in [-0.2, -0.15) is 0 Å². The molecule has 0 saturated heterocycles. The standard InChI is InChI=1S/C14H26N2O3/c1-4-5-6-9-15-13(18)7-10-16(3)14(19)12(2)8-11-17/h11-12H,4-10H2,1-3H3,(H,15,18). The maximum atomic E-state index is 11.8. The van der Waals surface area contributed by atoms with E-state index in [0.717, 1.165) is 25.5 Å². The molecule has 0 aliphatic carbocycles. The number of amides is 2. The highest BCUT2D eigenvalue weighted by molar-refractivity contribution is 5.81. The van der Waals surface area contributed by atoms with E-state index in [1.54, 1.807) is 14.0 Å². The molecule has 0 heterocycles. The van der Waals surface area contributed by atoms with Crippen LogP contribution < -0.4 is 5.32 Å². The lowest BCUT2D eigenvalue weighted by molar-refractivity contribution is -0.135. The van der Waals surface area contributed by atoms with Crippen molar-refractivity contribution in [2.24, 2.45) is 5.92 Å². The number of nitrogens with one attached hydrogen (secondary N) is 1. The molecule has 1 atom stereocenters. The van der Waals surface area contributed by atoms with E-state index >= 15 is 0 Å². The molecule has 5 nitrogen and oxygen atoms in total. The van der Waals surface area contributed by atoms with E-state index in [2.05, 4.69) is 12.2 Å². The van der Waals surface area contributed by atoms with Gasteiger partial charge < -0.3 is 15.0 Å². The Labute approximate surface area is 115 Å². The minimum absolute atomic E-state index is 0.0289. The molecule has 0 rings (SSSR count). The summed E-state index contributed by atoms with van der Waals surface area (Å²) in [5.41, 5.74) is 0. The Bertz CT molecular complexity index is 292. The van der Waals surface area contributed by atoms with Crippen molar-refractivity contribution in [1.29, 1.82) is 0 Å². The average molecular weight is 270 g/mol. The Morgan fingerprint density at radius 2 is 2.00 bits per heavy atom. The second kappa shape index (κ2) is 10.5. The van der Waals surface area contributed by atoms with E-state index in [1.807, 2.05) is 0 Å². The maximum absolute atomic E-state index is 11.8. The van der Waals surface area contributed by atoms with E-state index < -0.39 is 0 Å². The van der Waals surface area contributed by atoms with Gasteiger partial charge in [0.1, 0.15) is 6.29 Å². The lowest BCUT2D eigenvalue weighted by Gasteiger charge is -2.20. The number of carbonyl (C=O) groups excluding carboxylic acids is 3. The van der Waals surface area contributed by atoms with Crippen LogP contribution in [0.5, 0.6) is 0 Å². The summed E-state index contributed by atoms with van der Waals surface area (Å²) in [6, 6.07) is 0. The van der Waals surface area contributed by atoms with E-state index in [0.29, 0.717) is 19.5 Å². The summed E-state index contributed by atoms with van der Waals surface area (Å²) < 4.78 is 0. The zero-order valence-electron chi connectivity index (χ0n) is 12.3. The number of hydrogen-bond donors (Lipinski definition) is 1. The SMILES string of the molecule is CCCCCNC(=O)CCN(C)C(=O)C(C)CC=O. The molecule has 0 radical (unpaired) electrons. The first kappa shape index (κ1) is 17.6. The van der Waals surface area contributed by atoms with Crippen molar-refractivity contribution < 1.29 is 14.4 Å². The lowest BCUT2D eigenvalue weighted by atomic mass is 10.1. The van der Waals surface area contributed by atoms with E-state index in [-0.39, 0.29) is 24.2 Å². The molecule has 0 spiro atoms. The minimum atomic E-state index is -0.310. The van der Waals surface area contributed by atoms with Gasteiger partial charge in [-0.05, 0) is 6.42 Å². The molecular formula is C14H26N2O3. The van der Waals surface area contributed by atoms with Crippen LogP contribution in [0.1, 0.15) is 46.0 Å². The van der Waals surface area contributed by atoms with Crippen LogP contribution in [0.15, 0.2) is 0 Å². The average Bonchev–Trinajstić information content (AvgIpc) is 2.40. The van der Waals surface area contributed by atoms with Gasteiger partial charge in [0.05, 0.1) is 0 Å². The van der Waals surface area contributed by atoms with Crippen LogP contribution >= 0.6 is 0 Å². The topological polar surface area (TPSA) is 66.5 Å². The van der Waals surface area contributed by atoms with Gasteiger partial charge >= 0.3 is 0 Å². The highest BCUT2D eigenvalue weighted by atomic mass is 16.2.